The Labute approximate surface area is 144 Å². The lowest BCUT2D eigenvalue weighted by Crippen LogP contribution is -2.51. The van der Waals surface area contributed by atoms with Crippen LogP contribution in [-0.4, -0.2) is 47.6 Å². The van der Waals surface area contributed by atoms with E-state index in [4.69, 9.17) is 0 Å². The number of anilines is 1. The molecule has 2 aliphatic rings. The Morgan fingerprint density at radius 1 is 1.00 bits per heavy atom. The molecule has 2 amide bonds. The van der Waals surface area contributed by atoms with Crippen LogP contribution < -0.4 is 10.6 Å². The van der Waals surface area contributed by atoms with Gasteiger partial charge in [0.05, 0.1) is 26.2 Å². The molecule has 0 atom stereocenters. The van der Waals surface area contributed by atoms with Crippen LogP contribution in [0, 0.1) is 13.8 Å². The van der Waals surface area contributed by atoms with Crippen molar-refractivity contribution >= 4 is 17.7 Å². The van der Waals surface area contributed by atoms with Crippen molar-refractivity contribution in [3.8, 4) is 0 Å². The van der Waals surface area contributed by atoms with Crippen molar-refractivity contribution in [2.45, 2.75) is 46.0 Å². The van der Waals surface area contributed by atoms with E-state index in [0.717, 1.165) is 49.0 Å². The first-order valence-corrected chi connectivity index (χ1v) is 9.16. The fourth-order valence-electron chi connectivity index (χ4n) is 3.65. The highest BCUT2D eigenvalue weighted by molar-refractivity contribution is 6.01. The number of amides is 2. The molecule has 2 saturated heterocycles. The van der Waals surface area contributed by atoms with Gasteiger partial charge in [0.2, 0.25) is 0 Å². The number of nitrogens with one attached hydrogen (secondary N) is 2. The number of hydrogen-bond donors (Lipinski definition) is 2. The van der Waals surface area contributed by atoms with Gasteiger partial charge in [0, 0.05) is 5.69 Å². The molecule has 0 aliphatic carbocycles. The van der Waals surface area contributed by atoms with E-state index in [2.05, 4.69) is 20.1 Å². The van der Waals surface area contributed by atoms with Gasteiger partial charge in [0.15, 0.2) is 0 Å². The fraction of sp³-hybridized carbons (Fsp3) is 0.579. The van der Waals surface area contributed by atoms with Gasteiger partial charge >= 0.3 is 12.0 Å². The molecule has 0 spiro atoms. The highest BCUT2D eigenvalue weighted by atomic mass is 16.2. The number of urea groups is 1. The smallest absolute Gasteiger partial charge is 0.294 e. The molecule has 5 heteroatoms. The van der Waals surface area contributed by atoms with Crippen LogP contribution in [0.3, 0.4) is 0 Å². The number of carbonyl (C=O) groups excluding carboxylic acids is 1. The number of piperidine rings is 1. The van der Waals surface area contributed by atoms with Crippen molar-refractivity contribution in [2.24, 2.45) is 0 Å². The molecule has 0 bridgehead atoms. The first-order valence-electron chi connectivity index (χ1n) is 9.16. The summed E-state index contributed by atoms with van der Waals surface area (Å²) in [6, 6.07) is 5.93. The third-order valence-corrected chi connectivity index (χ3v) is 5.01. The minimum absolute atomic E-state index is 0.139. The molecule has 0 aromatic heterocycles. The summed E-state index contributed by atoms with van der Waals surface area (Å²) < 4.78 is 2.35. The van der Waals surface area contributed by atoms with E-state index in [-0.39, 0.29) is 6.03 Å². The van der Waals surface area contributed by atoms with Gasteiger partial charge in [-0.1, -0.05) is 18.2 Å². The molecule has 5 nitrogen and oxygen atoms in total. The zero-order valence-electron chi connectivity index (χ0n) is 14.9. The monoisotopic (exact) mass is 329 g/mol. The number of benzene rings is 1. The lowest BCUT2D eigenvalue weighted by molar-refractivity contribution is -0.543. The molecular formula is C19H29N4O+. The second kappa shape index (κ2) is 7.69. The Kier molecular flexibility index (Phi) is 5.38. The molecule has 2 aliphatic heterocycles. The van der Waals surface area contributed by atoms with E-state index in [0.29, 0.717) is 0 Å². The van der Waals surface area contributed by atoms with Crippen molar-refractivity contribution < 1.29 is 9.37 Å². The lowest BCUT2D eigenvalue weighted by atomic mass is 10.1. The number of aryl methyl sites for hydroxylation is 2. The number of para-hydroxylation sites is 1. The van der Waals surface area contributed by atoms with Gasteiger partial charge in [-0.15, -0.1) is 0 Å². The number of rotatable bonds is 1. The first-order chi connectivity index (χ1) is 11.6. The van der Waals surface area contributed by atoms with Crippen LogP contribution >= 0.6 is 0 Å². The first kappa shape index (κ1) is 16.8. The maximum Gasteiger partial charge on any atom is 0.384 e. The molecule has 0 radical (unpaired) electrons. The van der Waals surface area contributed by atoms with Crippen LogP contribution in [0.4, 0.5) is 10.5 Å². The van der Waals surface area contributed by atoms with E-state index >= 15 is 0 Å². The number of carbonyl (C=O) groups is 1. The van der Waals surface area contributed by atoms with Crippen molar-refractivity contribution in [2.75, 3.05) is 31.5 Å². The Morgan fingerprint density at radius 2 is 1.62 bits per heavy atom. The molecule has 2 fully saturated rings. The van der Waals surface area contributed by atoms with Crippen molar-refractivity contribution in [1.29, 1.82) is 0 Å². The molecule has 2 heterocycles. The third-order valence-electron chi connectivity index (χ3n) is 5.01. The highest BCUT2D eigenvalue weighted by Crippen LogP contribution is 2.19. The number of likely N-dealkylation sites (tertiary alicyclic amines) is 1. The third kappa shape index (κ3) is 3.89. The summed E-state index contributed by atoms with van der Waals surface area (Å²) in [6.07, 6.45) is 6.11. The molecule has 24 heavy (non-hydrogen) atoms. The zero-order valence-corrected chi connectivity index (χ0v) is 14.9. The zero-order chi connectivity index (χ0) is 16.9. The van der Waals surface area contributed by atoms with Gasteiger partial charge in [0.25, 0.3) is 0 Å². The number of nitrogens with zero attached hydrogens (tertiary/aromatic N) is 2. The topological polar surface area (TPSA) is 47.4 Å². The second-order valence-electron chi connectivity index (χ2n) is 6.91. The van der Waals surface area contributed by atoms with E-state index in [1.165, 1.54) is 32.1 Å². The van der Waals surface area contributed by atoms with Gasteiger partial charge in [-0.3, -0.25) is 14.8 Å². The van der Waals surface area contributed by atoms with Crippen LogP contribution in [0.25, 0.3) is 0 Å². The predicted molar refractivity (Wildman–Crippen MR) is 97.7 cm³/mol. The van der Waals surface area contributed by atoms with Crippen molar-refractivity contribution in [1.82, 2.24) is 10.2 Å². The number of hydrogen-bond acceptors (Lipinski definition) is 1. The average Bonchev–Trinajstić information content (AvgIpc) is 3.11. The summed E-state index contributed by atoms with van der Waals surface area (Å²) in [7, 11) is 0. The Hall–Kier alpha value is -2.04. The molecule has 130 valence electrons. The van der Waals surface area contributed by atoms with E-state index in [9.17, 15) is 4.79 Å². The van der Waals surface area contributed by atoms with Crippen LogP contribution in [0.1, 0.15) is 43.2 Å². The largest absolute Gasteiger partial charge is 0.384 e. The minimum Gasteiger partial charge on any atom is -0.294 e. The summed E-state index contributed by atoms with van der Waals surface area (Å²) >= 11 is 0. The van der Waals surface area contributed by atoms with Gasteiger partial charge in [-0.2, -0.15) is 5.32 Å². The van der Waals surface area contributed by atoms with Crippen LogP contribution in [-0.2, 0) is 0 Å². The van der Waals surface area contributed by atoms with Gasteiger partial charge < -0.3 is 0 Å². The molecule has 0 saturated carbocycles. The SMILES string of the molecule is Cc1cccc(C)c1NC(=O)NC(N1CCCC1)=[N+]1CCCCC1. The van der Waals surface area contributed by atoms with E-state index in [1.807, 2.05) is 32.0 Å². The van der Waals surface area contributed by atoms with E-state index < -0.39 is 0 Å². The van der Waals surface area contributed by atoms with Gasteiger partial charge in [0.1, 0.15) is 0 Å². The van der Waals surface area contributed by atoms with Crippen LogP contribution in [0.5, 0.6) is 0 Å². The fourth-order valence-corrected chi connectivity index (χ4v) is 3.65. The number of guanidine groups is 1. The molecule has 3 rings (SSSR count). The molecule has 2 N–H and O–H groups in total. The van der Waals surface area contributed by atoms with Crippen molar-refractivity contribution in [3.63, 3.8) is 0 Å². The van der Waals surface area contributed by atoms with Gasteiger partial charge in [-0.05, 0) is 57.1 Å². The molecule has 1 aromatic rings. The van der Waals surface area contributed by atoms with Crippen molar-refractivity contribution in [3.05, 3.63) is 29.3 Å². The highest BCUT2D eigenvalue weighted by Gasteiger charge is 2.29. The van der Waals surface area contributed by atoms with Crippen LogP contribution in [0.15, 0.2) is 18.2 Å². The maximum atomic E-state index is 12.6. The quantitative estimate of drug-likeness (QED) is 0.614. The Morgan fingerprint density at radius 3 is 2.25 bits per heavy atom. The minimum atomic E-state index is -0.139. The summed E-state index contributed by atoms with van der Waals surface area (Å²) in [5.41, 5.74) is 3.09. The Bertz CT molecular complexity index is 604. The molecule has 1 aromatic carbocycles. The summed E-state index contributed by atoms with van der Waals surface area (Å²) in [6.45, 7) is 8.20. The van der Waals surface area contributed by atoms with Gasteiger partial charge in [-0.25, -0.2) is 4.79 Å². The molecule has 0 unspecified atom stereocenters. The van der Waals surface area contributed by atoms with Crippen LogP contribution in [0.2, 0.25) is 0 Å². The average molecular weight is 329 g/mol. The Balaban J connectivity index is 1.76. The lowest BCUT2D eigenvalue weighted by Gasteiger charge is -2.22. The summed E-state index contributed by atoms with van der Waals surface area (Å²) in [5, 5.41) is 6.20. The molecular weight excluding hydrogens is 300 g/mol. The summed E-state index contributed by atoms with van der Waals surface area (Å²) in [4.78, 5) is 15.0. The van der Waals surface area contributed by atoms with E-state index in [1.54, 1.807) is 0 Å². The predicted octanol–water partition coefficient (Wildman–Crippen LogP) is 3.07. The summed E-state index contributed by atoms with van der Waals surface area (Å²) in [5.74, 6) is 0.996. The normalized spacial score (nSPS) is 17.8. The second-order valence-corrected chi connectivity index (χ2v) is 6.91. The maximum absolute atomic E-state index is 12.6. The standard InChI is InChI=1S/C19H28N4O/c1-15-9-8-10-16(2)17(15)20-18(24)21-19(23-13-6-7-14-23)22-11-4-3-5-12-22/h8-10H,3-7,11-14H2,1-2H3,(H,20,24)/p+1.